The van der Waals surface area contributed by atoms with Crippen molar-refractivity contribution >= 4 is 35.0 Å². The zero-order valence-corrected chi connectivity index (χ0v) is 24.0. The van der Waals surface area contributed by atoms with Crippen LogP contribution in [0.1, 0.15) is 52.7 Å². The van der Waals surface area contributed by atoms with Crippen molar-refractivity contribution in [3.05, 3.63) is 83.3 Å². The summed E-state index contributed by atoms with van der Waals surface area (Å²) in [5.74, 6) is 0.434. The first-order valence-corrected chi connectivity index (χ1v) is 14.2. The molecule has 1 aromatic carbocycles. The molecule has 1 atom stereocenters. The van der Waals surface area contributed by atoms with Crippen molar-refractivity contribution in [3.63, 3.8) is 0 Å². The first kappa shape index (κ1) is 29.3. The number of anilines is 3. The molecule has 3 heterocycles. The SMILES string of the molecule is CN(C/C=C/C(=O)N1CCCC(Nc2ncnc(N)c2C(=N)c2ccc(C(=O)Nc3cc(C#N)ccn3)cc2)C1)C1CC1. The number of piperidine rings is 1. The van der Waals surface area contributed by atoms with Crippen molar-refractivity contribution in [2.75, 3.05) is 43.0 Å². The normalized spacial score (nSPS) is 16.6. The van der Waals surface area contributed by atoms with Crippen LogP contribution in [0.2, 0.25) is 0 Å². The number of nitrogens with one attached hydrogen (secondary N) is 3. The van der Waals surface area contributed by atoms with Crippen LogP contribution in [-0.4, -0.2) is 81.0 Å². The molecule has 220 valence electrons. The molecule has 2 amide bonds. The first-order valence-electron chi connectivity index (χ1n) is 14.2. The molecule has 2 fully saturated rings. The van der Waals surface area contributed by atoms with E-state index < -0.39 is 5.91 Å². The highest BCUT2D eigenvalue weighted by atomic mass is 16.2. The zero-order valence-electron chi connectivity index (χ0n) is 24.0. The fourth-order valence-electron chi connectivity index (χ4n) is 5.02. The number of aromatic nitrogens is 3. The van der Waals surface area contributed by atoms with Gasteiger partial charge in [-0.1, -0.05) is 18.2 Å². The molecule has 43 heavy (non-hydrogen) atoms. The second kappa shape index (κ2) is 13.2. The van der Waals surface area contributed by atoms with Gasteiger partial charge < -0.3 is 21.3 Å². The molecule has 0 bridgehead atoms. The van der Waals surface area contributed by atoms with Crippen LogP contribution < -0.4 is 16.4 Å². The van der Waals surface area contributed by atoms with Crippen molar-refractivity contribution in [2.45, 2.75) is 37.8 Å². The summed E-state index contributed by atoms with van der Waals surface area (Å²) in [7, 11) is 2.08. The lowest BCUT2D eigenvalue weighted by molar-refractivity contribution is -0.127. The van der Waals surface area contributed by atoms with E-state index in [0.29, 0.717) is 47.2 Å². The minimum Gasteiger partial charge on any atom is -0.383 e. The number of nitrogen functional groups attached to an aromatic ring is 1. The Kier molecular flexibility index (Phi) is 9.02. The number of benzene rings is 1. The van der Waals surface area contributed by atoms with Gasteiger partial charge in [-0.2, -0.15) is 5.26 Å². The second-order valence-corrected chi connectivity index (χ2v) is 10.8. The largest absolute Gasteiger partial charge is 0.383 e. The van der Waals surface area contributed by atoms with Crippen molar-refractivity contribution in [3.8, 4) is 6.07 Å². The van der Waals surface area contributed by atoms with Crippen LogP contribution in [0.3, 0.4) is 0 Å². The van der Waals surface area contributed by atoms with Gasteiger partial charge in [0, 0.05) is 55.1 Å². The van der Waals surface area contributed by atoms with Crippen LogP contribution in [-0.2, 0) is 4.79 Å². The minimum absolute atomic E-state index is 0.0106. The van der Waals surface area contributed by atoms with Gasteiger partial charge in [-0.15, -0.1) is 0 Å². The molecule has 12 heteroatoms. The number of likely N-dealkylation sites (N-methyl/N-ethyl adjacent to an activating group) is 1. The lowest BCUT2D eigenvalue weighted by Crippen LogP contribution is -2.45. The van der Waals surface area contributed by atoms with Crippen LogP contribution >= 0.6 is 0 Å². The maximum Gasteiger partial charge on any atom is 0.256 e. The standard InChI is InChI=1S/C31H34N10O2/c1-40(24-10-11-24)14-3-5-26(42)41-15-2-4-23(18-41)38-30-27(29(34)36-19-37-30)28(33)21-6-8-22(9-7-21)31(43)39-25-16-20(17-32)12-13-35-25/h3,5-9,12-13,16,19,23-24,33H,2,4,10-11,14-15,18H2,1H3,(H,35,39,43)(H3,34,36,37,38)/b5-3+,33-28?. The van der Waals surface area contributed by atoms with Gasteiger partial charge in [-0.05, 0) is 57.0 Å². The van der Waals surface area contributed by atoms with Crippen LogP contribution in [0, 0.1) is 16.7 Å². The van der Waals surface area contributed by atoms with Gasteiger partial charge >= 0.3 is 0 Å². The molecule has 5 rings (SSSR count). The maximum atomic E-state index is 12.9. The van der Waals surface area contributed by atoms with E-state index in [1.54, 1.807) is 36.4 Å². The Morgan fingerprint density at radius 2 is 1.93 bits per heavy atom. The molecular formula is C31H34N10O2. The first-order chi connectivity index (χ1) is 20.8. The summed E-state index contributed by atoms with van der Waals surface area (Å²) in [5.41, 5.74) is 7.94. The lowest BCUT2D eigenvalue weighted by atomic mass is 10.0. The highest BCUT2D eigenvalue weighted by molar-refractivity contribution is 6.16. The van der Waals surface area contributed by atoms with Crippen molar-refractivity contribution in [1.29, 1.82) is 10.7 Å². The van der Waals surface area contributed by atoms with E-state index >= 15 is 0 Å². The summed E-state index contributed by atoms with van der Waals surface area (Å²) in [5, 5.41) is 24.0. The Labute approximate surface area is 250 Å². The number of pyridine rings is 1. The quantitative estimate of drug-likeness (QED) is 0.208. The van der Waals surface area contributed by atoms with E-state index in [4.69, 9.17) is 16.4 Å². The van der Waals surface area contributed by atoms with Gasteiger partial charge in [-0.3, -0.25) is 19.9 Å². The second-order valence-electron chi connectivity index (χ2n) is 10.8. The average Bonchev–Trinajstić information content (AvgIpc) is 3.87. The number of carbonyl (C=O) groups excluding carboxylic acids is 2. The molecule has 0 spiro atoms. The molecule has 2 aromatic heterocycles. The minimum atomic E-state index is -0.397. The lowest BCUT2D eigenvalue weighted by Gasteiger charge is -2.33. The van der Waals surface area contributed by atoms with Gasteiger partial charge in [0.1, 0.15) is 23.8 Å². The summed E-state index contributed by atoms with van der Waals surface area (Å²) < 4.78 is 0. The predicted molar refractivity (Wildman–Crippen MR) is 164 cm³/mol. The Balaban J connectivity index is 1.24. The predicted octanol–water partition coefficient (Wildman–Crippen LogP) is 3.05. The van der Waals surface area contributed by atoms with E-state index in [1.165, 1.54) is 31.4 Å². The molecule has 3 aromatic rings. The fraction of sp³-hybridized carbons (Fsp3) is 0.323. The monoisotopic (exact) mass is 578 g/mol. The van der Waals surface area contributed by atoms with Crippen LogP contribution in [0.15, 0.2) is 61.1 Å². The number of hydrogen-bond acceptors (Lipinski definition) is 10. The molecule has 12 nitrogen and oxygen atoms in total. The van der Waals surface area contributed by atoms with Crippen LogP contribution in [0.4, 0.5) is 17.5 Å². The van der Waals surface area contributed by atoms with Gasteiger partial charge in [0.2, 0.25) is 5.91 Å². The zero-order chi connectivity index (χ0) is 30.3. The topological polar surface area (TPSA) is 177 Å². The number of hydrogen-bond donors (Lipinski definition) is 4. The maximum absolute atomic E-state index is 12.9. The summed E-state index contributed by atoms with van der Waals surface area (Å²) in [4.78, 5) is 42.2. The number of nitrogens with two attached hydrogens (primary N) is 1. The molecule has 1 saturated heterocycles. The fourth-order valence-corrected chi connectivity index (χ4v) is 5.02. The molecule has 1 aliphatic heterocycles. The number of carbonyl (C=O) groups is 2. The number of nitrogens with zero attached hydrogens (tertiary/aromatic N) is 6. The van der Waals surface area contributed by atoms with E-state index in [9.17, 15) is 9.59 Å². The summed E-state index contributed by atoms with van der Waals surface area (Å²) in [6.07, 6.45) is 10.5. The molecule has 1 saturated carbocycles. The van der Waals surface area contributed by atoms with Gasteiger partial charge in [0.05, 0.1) is 22.9 Å². The number of rotatable bonds is 10. The Hall–Kier alpha value is -5.15. The molecular weight excluding hydrogens is 544 g/mol. The van der Waals surface area contributed by atoms with Crippen molar-refractivity contribution in [2.24, 2.45) is 0 Å². The molecule has 1 unspecified atom stereocenters. The highest BCUT2D eigenvalue weighted by Gasteiger charge is 2.26. The smallest absolute Gasteiger partial charge is 0.256 e. The molecule has 1 aliphatic carbocycles. The summed E-state index contributed by atoms with van der Waals surface area (Å²) in [6.45, 7) is 1.96. The molecule has 5 N–H and O–H groups in total. The third-order valence-corrected chi connectivity index (χ3v) is 7.59. The van der Waals surface area contributed by atoms with Gasteiger partial charge in [-0.25, -0.2) is 15.0 Å². The average molecular weight is 579 g/mol. The number of nitriles is 1. The van der Waals surface area contributed by atoms with E-state index in [1.807, 2.05) is 17.0 Å². The number of likely N-dealkylation sites (tertiary alicyclic amines) is 1. The van der Waals surface area contributed by atoms with Gasteiger partial charge in [0.25, 0.3) is 5.91 Å². The van der Waals surface area contributed by atoms with Crippen LogP contribution in [0.5, 0.6) is 0 Å². The Bertz CT molecular complexity index is 1580. The third kappa shape index (κ3) is 7.38. The van der Waals surface area contributed by atoms with E-state index in [2.05, 4.69) is 37.5 Å². The van der Waals surface area contributed by atoms with Crippen LogP contribution in [0.25, 0.3) is 0 Å². The summed E-state index contributed by atoms with van der Waals surface area (Å²) >= 11 is 0. The highest BCUT2D eigenvalue weighted by Crippen LogP contribution is 2.26. The van der Waals surface area contributed by atoms with E-state index in [0.717, 1.165) is 19.4 Å². The summed E-state index contributed by atoms with van der Waals surface area (Å²) in [6, 6.07) is 12.1. The van der Waals surface area contributed by atoms with E-state index in [-0.39, 0.29) is 29.3 Å². The third-order valence-electron chi connectivity index (χ3n) is 7.59. The Morgan fingerprint density at radius 1 is 1.16 bits per heavy atom. The Morgan fingerprint density at radius 3 is 2.67 bits per heavy atom. The molecule has 2 aliphatic rings. The van der Waals surface area contributed by atoms with Crippen molar-refractivity contribution in [1.82, 2.24) is 24.8 Å². The number of amides is 2. The van der Waals surface area contributed by atoms with Crippen molar-refractivity contribution < 1.29 is 9.59 Å². The molecule has 0 radical (unpaired) electrons. The van der Waals surface area contributed by atoms with Gasteiger partial charge in [0.15, 0.2) is 0 Å².